The van der Waals surface area contributed by atoms with Gasteiger partial charge in [-0.3, -0.25) is 4.79 Å². The Morgan fingerprint density at radius 3 is 2.38 bits per heavy atom. The number of nitrogens with one attached hydrogen (secondary N) is 2. The summed E-state index contributed by atoms with van der Waals surface area (Å²) in [6.45, 7) is 6.75. The van der Waals surface area contributed by atoms with Gasteiger partial charge in [-0.1, -0.05) is 12.1 Å². The van der Waals surface area contributed by atoms with Gasteiger partial charge in [-0.25, -0.2) is 9.59 Å². The van der Waals surface area contributed by atoms with Crippen LogP contribution in [0, 0.1) is 6.92 Å². The molecule has 144 valence electrons. The number of benzene rings is 1. The summed E-state index contributed by atoms with van der Waals surface area (Å²) >= 11 is 0. The number of aliphatic hydroxyl groups excluding tert-OH is 1. The minimum atomic E-state index is -1.12. The largest absolute Gasteiger partial charge is 0.467 e. The molecule has 1 aromatic rings. The van der Waals surface area contributed by atoms with Crippen molar-refractivity contribution in [3.63, 3.8) is 0 Å². The van der Waals surface area contributed by atoms with Crippen LogP contribution in [0.5, 0.6) is 0 Å². The summed E-state index contributed by atoms with van der Waals surface area (Å²) in [5, 5.41) is 14.2. The zero-order chi connectivity index (χ0) is 19.9. The molecule has 3 N–H and O–H groups in total. The van der Waals surface area contributed by atoms with E-state index in [0.29, 0.717) is 11.1 Å². The van der Waals surface area contributed by atoms with E-state index in [9.17, 15) is 19.5 Å². The Morgan fingerprint density at radius 1 is 1.23 bits per heavy atom. The Labute approximate surface area is 152 Å². The Bertz CT molecular complexity index is 666. The Morgan fingerprint density at radius 2 is 1.88 bits per heavy atom. The lowest BCUT2D eigenvalue weighted by molar-refractivity contribution is -0.143. The Hall–Kier alpha value is -2.61. The molecule has 0 aliphatic rings. The Balaban J connectivity index is 2.73. The molecular formula is C18H26N2O6. The van der Waals surface area contributed by atoms with Gasteiger partial charge in [0.2, 0.25) is 0 Å². The molecule has 0 aromatic heterocycles. The van der Waals surface area contributed by atoms with Crippen molar-refractivity contribution in [1.29, 1.82) is 0 Å². The first-order valence-electron chi connectivity index (χ1n) is 8.13. The number of hydrogen-bond acceptors (Lipinski definition) is 6. The lowest BCUT2D eigenvalue weighted by Gasteiger charge is -2.20. The van der Waals surface area contributed by atoms with Gasteiger partial charge >= 0.3 is 12.1 Å². The number of hydrogen-bond donors (Lipinski definition) is 3. The van der Waals surface area contributed by atoms with Crippen LogP contribution in [0.2, 0.25) is 0 Å². The second-order valence-electron chi connectivity index (χ2n) is 6.74. The lowest BCUT2D eigenvalue weighted by atomic mass is 10.0. The number of amides is 2. The van der Waals surface area contributed by atoms with Gasteiger partial charge in [0.15, 0.2) is 6.04 Å². The number of alkyl carbamates (subject to hydrolysis) is 1. The first-order chi connectivity index (χ1) is 12.1. The lowest BCUT2D eigenvalue weighted by Crippen LogP contribution is -2.44. The minimum absolute atomic E-state index is 0.249. The van der Waals surface area contributed by atoms with Crippen molar-refractivity contribution in [2.24, 2.45) is 0 Å². The smallest absolute Gasteiger partial charge is 0.407 e. The van der Waals surface area contributed by atoms with Gasteiger partial charge in [0.25, 0.3) is 5.91 Å². The van der Waals surface area contributed by atoms with Gasteiger partial charge in [-0.2, -0.15) is 0 Å². The van der Waals surface area contributed by atoms with Gasteiger partial charge in [-0.15, -0.1) is 0 Å². The molecule has 0 spiro atoms. The molecule has 1 rings (SSSR count). The van der Waals surface area contributed by atoms with E-state index in [2.05, 4.69) is 15.4 Å². The van der Waals surface area contributed by atoms with Crippen molar-refractivity contribution in [2.45, 2.75) is 45.9 Å². The zero-order valence-electron chi connectivity index (χ0n) is 15.7. The molecule has 0 radical (unpaired) electrons. The van der Waals surface area contributed by atoms with Gasteiger partial charge in [0.1, 0.15) is 5.60 Å². The summed E-state index contributed by atoms with van der Waals surface area (Å²) < 4.78 is 9.67. The molecule has 0 fully saturated rings. The number of rotatable bonds is 6. The predicted molar refractivity (Wildman–Crippen MR) is 94.6 cm³/mol. The maximum Gasteiger partial charge on any atom is 0.407 e. The number of esters is 1. The van der Waals surface area contributed by atoms with Crippen LogP contribution in [0.4, 0.5) is 4.79 Å². The normalized spacial score (nSPS) is 12.1. The fourth-order valence-electron chi connectivity index (χ4n) is 2.14. The van der Waals surface area contributed by atoms with Crippen LogP contribution >= 0.6 is 0 Å². The fourth-order valence-corrected chi connectivity index (χ4v) is 2.14. The van der Waals surface area contributed by atoms with E-state index in [-0.39, 0.29) is 6.54 Å². The summed E-state index contributed by atoms with van der Waals surface area (Å²) in [5.74, 6) is -1.23. The van der Waals surface area contributed by atoms with E-state index in [4.69, 9.17) is 4.74 Å². The van der Waals surface area contributed by atoms with Crippen LogP contribution in [0.1, 0.15) is 42.3 Å². The standard InChI is InChI=1S/C18H26N2O6/c1-11-8-12(9-19-17(24)26-18(2,3)4)6-7-13(11)15(22)20-14(10-21)16(23)25-5/h6-8,14,21H,9-10H2,1-5H3,(H,19,24)(H,20,22). The number of aryl methyl sites for hydroxylation is 1. The number of methoxy groups -OCH3 is 1. The van der Waals surface area contributed by atoms with E-state index in [1.54, 1.807) is 45.9 Å². The molecule has 0 saturated carbocycles. The monoisotopic (exact) mass is 366 g/mol. The van der Waals surface area contributed by atoms with E-state index >= 15 is 0 Å². The fraction of sp³-hybridized carbons (Fsp3) is 0.500. The van der Waals surface area contributed by atoms with Crippen LogP contribution in [-0.2, 0) is 20.8 Å². The van der Waals surface area contributed by atoms with Crippen LogP contribution in [0.3, 0.4) is 0 Å². The highest BCUT2D eigenvalue weighted by Gasteiger charge is 2.22. The van der Waals surface area contributed by atoms with Gasteiger partial charge in [-0.05, 0) is 44.9 Å². The van der Waals surface area contributed by atoms with Crippen LogP contribution in [-0.4, -0.2) is 48.4 Å². The van der Waals surface area contributed by atoms with Crippen LogP contribution in [0.25, 0.3) is 0 Å². The molecule has 0 bridgehead atoms. The highest BCUT2D eigenvalue weighted by atomic mass is 16.6. The van der Waals surface area contributed by atoms with Crippen LogP contribution in [0.15, 0.2) is 18.2 Å². The molecule has 1 unspecified atom stereocenters. The third-order valence-electron chi connectivity index (χ3n) is 3.34. The molecule has 0 aliphatic carbocycles. The van der Waals surface area contributed by atoms with E-state index in [1.807, 2.05) is 0 Å². The quantitative estimate of drug-likeness (QED) is 0.654. The number of carbonyl (C=O) groups is 3. The molecule has 1 atom stereocenters. The number of aliphatic hydroxyl groups is 1. The average Bonchev–Trinajstić information content (AvgIpc) is 2.55. The van der Waals surface area contributed by atoms with Crippen molar-refractivity contribution in [3.8, 4) is 0 Å². The minimum Gasteiger partial charge on any atom is -0.467 e. The molecule has 2 amide bonds. The maximum atomic E-state index is 12.3. The molecule has 1 aromatic carbocycles. The van der Waals surface area contributed by atoms with E-state index in [1.165, 1.54) is 7.11 Å². The van der Waals surface area contributed by atoms with Crippen LogP contribution < -0.4 is 10.6 Å². The van der Waals surface area contributed by atoms with E-state index < -0.39 is 36.2 Å². The summed E-state index contributed by atoms with van der Waals surface area (Å²) in [6.07, 6.45) is -0.527. The van der Waals surface area contributed by atoms with Crippen molar-refractivity contribution in [3.05, 3.63) is 34.9 Å². The SMILES string of the molecule is COC(=O)C(CO)NC(=O)c1ccc(CNC(=O)OC(C)(C)C)cc1C. The van der Waals surface area contributed by atoms with Crippen molar-refractivity contribution in [1.82, 2.24) is 10.6 Å². The Kier molecular flexibility index (Phi) is 7.57. The summed E-state index contributed by atoms with van der Waals surface area (Å²) in [4.78, 5) is 35.4. The first-order valence-corrected chi connectivity index (χ1v) is 8.13. The van der Waals surface area contributed by atoms with Gasteiger partial charge in [0.05, 0.1) is 13.7 Å². The topological polar surface area (TPSA) is 114 Å². The summed E-state index contributed by atoms with van der Waals surface area (Å²) in [7, 11) is 1.18. The van der Waals surface area contributed by atoms with Crippen molar-refractivity contribution in [2.75, 3.05) is 13.7 Å². The number of ether oxygens (including phenoxy) is 2. The summed E-state index contributed by atoms with van der Waals surface area (Å²) in [5.41, 5.74) is 1.22. The molecule has 8 nitrogen and oxygen atoms in total. The highest BCUT2D eigenvalue weighted by molar-refractivity contribution is 5.98. The molecule has 0 heterocycles. The molecule has 0 saturated heterocycles. The maximum absolute atomic E-state index is 12.3. The second-order valence-corrected chi connectivity index (χ2v) is 6.74. The van der Waals surface area contributed by atoms with Crippen molar-refractivity contribution < 1.29 is 29.0 Å². The average molecular weight is 366 g/mol. The van der Waals surface area contributed by atoms with Crippen molar-refractivity contribution >= 4 is 18.0 Å². The third kappa shape index (κ3) is 6.72. The first kappa shape index (κ1) is 21.4. The van der Waals surface area contributed by atoms with Gasteiger partial charge < -0.3 is 25.2 Å². The molecule has 8 heteroatoms. The van der Waals surface area contributed by atoms with E-state index in [0.717, 1.165) is 5.56 Å². The van der Waals surface area contributed by atoms with Gasteiger partial charge in [0, 0.05) is 12.1 Å². The molecule has 26 heavy (non-hydrogen) atoms. The molecular weight excluding hydrogens is 340 g/mol. The summed E-state index contributed by atoms with van der Waals surface area (Å²) in [6, 6.07) is 3.90. The highest BCUT2D eigenvalue weighted by Crippen LogP contribution is 2.12. The second kappa shape index (κ2) is 9.19. The third-order valence-corrected chi connectivity index (χ3v) is 3.34. The molecule has 0 aliphatic heterocycles. The zero-order valence-corrected chi connectivity index (χ0v) is 15.7. The predicted octanol–water partition coefficient (Wildman–Crippen LogP) is 1.28. The number of carbonyl (C=O) groups excluding carboxylic acids is 3.